The number of carbonyl (C=O) groups is 1. The van der Waals surface area contributed by atoms with E-state index in [0.29, 0.717) is 52.0 Å². The number of likely N-dealkylation sites (N-methyl/N-ethyl adjacent to an activating group) is 1. The fourth-order valence-electron chi connectivity index (χ4n) is 6.29. The van der Waals surface area contributed by atoms with E-state index < -0.39 is 0 Å². The van der Waals surface area contributed by atoms with Crippen LogP contribution >= 0.6 is 23.2 Å². The van der Waals surface area contributed by atoms with E-state index in [4.69, 9.17) is 42.4 Å². The number of nitrogens with zero attached hydrogens (tertiary/aromatic N) is 4. The molecule has 1 unspecified atom stereocenters. The number of hydrogen-bond donors (Lipinski definition) is 1. The summed E-state index contributed by atoms with van der Waals surface area (Å²) in [6, 6.07) is 17.6. The summed E-state index contributed by atoms with van der Waals surface area (Å²) in [5.74, 6) is 2.08. The van der Waals surface area contributed by atoms with Crippen LogP contribution in [0.2, 0.25) is 10.0 Å². The number of piperidine rings is 1. The summed E-state index contributed by atoms with van der Waals surface area (Å²) in [7, 11) is 6.42. The van der Waals surface area contributed by atoms with Gasteiger partial charge in [0, 0.05) is 50.7 Å². The van der Waals surface area contributed by atoms with Gasteiger partial charge in [0.15, 0.2) is 11.5 Å². The number of hydrogen-bond acceptors (Lipinski definition) is 7. The third-order valence-electron chi connectivity index (χ3n) is 8.85. The fourth-order valence-corrected chi connectivity index (χ4v) is 6.60. The van der Waals surface area contributed by atoms with Crippen LogP contribution in [-0.2, 0) is 6.54 Å². The number of carbonyl (C=O) groups excluding carboxylic acids is 1. The first-order valence-corrected chi connectivity index (χ1v) is 16.6. The monoisotopic (exact) mass is 679 g/mol. The van der Waals surface area contributed by atoms with Gasteiger partial charge in [-0.15, -0.1) is 6.58 Å². The molecule has 9 nitrogen and oxygen atoms in total. The van der Waals surface area contributed by atoms with Crippen molar-refractivity contribution in [2.45, 2.75) is 37.8 Å². The van der Waals surface area contributed by atoms with Gasteiger partial charge in [-0.3, -0.25) is 4.79 Å². The van der Waals surface area contributed by atoms with E-state index in [1.54, 1.807) is 17.0 Å². The third kappa shape index (κ3) is 7.97. The first kappa shape index (κ1) is 34.4. The predicted octanol–water partition coefficient (Wildman–Crippen LogP) is 7.38. The summed E-state index contributed by atoms with van der Waals surface area (Å²) in [5, 5.41) is 4.71. The van der Waals surface area contributed by atoms with Crippen LogP contribution in [0.1, 0.15) is 41.1 Å². The number of methoxy groups -OCH3 is 3. The molecule has 11 heteroatoms. The number of para-hydroxylation sites is 2. The summed E-state index contributed by atoms with van der Waals surface area (Å²) in [6.45, 7) is 7.95. The number of likely N-dealkylation sites (tertiary alicyclic amines) is 1. The van der Waals surface area contributed by atoms with Crippen molar-refractivity contribution in [3.05, 3.63) is 88.4 Å². The normalized spacial score (nSPS) is 14.5. The summed E-state index contributed by atoms with van der Waals surface area (Å²) in [6.07, 6.45) is 4.77. The molecule has 3 aromatic carbocycles. The molecule has 4 aromatic rings. The van der Waals surface area contributed by atoms with Crippen LogP contribution in [0.3, 0.4) is 0 Å². The van der Waals surface area contributed by atoms with E-state index in [2.05, 4.69) is 27.4 Å². The van der Waals surface area contributed by atoms with Gasteiger partial charge in [0.05, 0.1) is 42.4 Å². The highest BCUT2D eigenvalue weighted by atomic mass is 35.5. The average molecular weight is 681 g/mol. The van der Waals surface area contributed by atoms with E-state index in [9.17, 15) is 4.79 Å². The van der Waals surface area contributed by atoms with E-state index in [1.807, 2.05) is 49.5 Å². The van der Waals surface area contributed by atoms with Gasteiger partial charge in [-0.2, -0.15) is 0 Å². The number of anilines is 1. The molecule has 0 spiro atoms. The molecule has 1 fully saturated rings. The molecule has 1 aliphatic rings. The van der Waals surface area contributed by atoms with Gasteiger partial charge in [-0.25, -0.2) is 4.98 Å². The summed E-state index contributed by atoms with van der Waals surface area (Å²) in [5.41, 5.74) is 3.58. The van der Waals surface area contributed by atoms with Crippen LogP contribution in [0.25, 0.3) is 11.0 Å². The third-order valence-corrected chi connectivity index (χ3v) is 9.59. The van der Waals surface area contributed by atoms with Crippen molar-refractivity contribution < 1.29 is 19.0 Å². The Morgan fingerprint density at radius 2 is 1.74 bits per heavy atom. The highest BCUT2D eigenvalue weighted by Gasteiger charge is 2.25. The van der Waals surface area contributed by atoms with Crippen molar-refractivity contribution >= 4 is 46.1 Å². The van der Waals surface area contributed by atoms with Gasteiger partial charge in [-0.05, 0) is 67.8 Å². The van der Waals surface area contributed by atoms with Crippen LogP contribution in [-0.4, -0.2) is 85.9 Å². The number of benzene rings is 3. The van der Waals surface area contributed by atoms with E-state index in [0.717, 1.165) is 61.4 Å². The molecular weight excluding hydrogens is 637 g/mol. The van der Waals surface area contributed by atoms with E-state index >= 15 is 0 Å². The van der Waals surface area contributed by atoms with Crippen LogP contribution in [0.5, 0.6) is 17.2 Å². The molecule has 47 heavy (non-hydrogen) atoms. The molecule has 1 saturated heterocycles. The lowest BCUT2D eigenvalue weighted by Crippen LogP contribution is -2.40. The first-order chi connectivity index (χ1) is 22.8. The number of ether oxygens (including phenoxy) is 3. The van der Waals surface area contributed by atoms with Crippen molar-refractivity contribution in [3.8, 4) is 17.2 Å². The lowest BCUT2D eigenvalue weighted by atomic mass is 9.94. The number of halogens is 2. The molecule has 250 valence electrons. The summed E-state index contributed by atoms with van der Waals surface area (Å²) < 4.78 is 18.6. The maximum atomic E-state index is 13.7. The number of aromatic nitrogens is 2. The second-order valence-electron chi connectivity index (χ2n) is 11.8. The lowest BCUT2D eigenvalue weighted by Gasteiger charge is -2.34. The van der Waals surface area contributed by atoms with Crippen LogP contribution in [0.15, 0.2) is 67.3 Å². The highest BCUT2D eigenvalue weighted by Crippen LogP contribution is 2.39. The summed E-state index contributed by atoms with van der Waals surface area (Å²) in [4.78, 5) is 22.8. The van der Waals surface area contributed by atoms with Gasteiger partial charge in [0.2, 0.25) is 11.7 Å². The molecule has 2 heterocycles. The van der Waals surface area contributed by atoms with Crippen molar-refractivity contribution in [3.63, 3.8) is 0 Å². The second-order valence-corrected chi connectivity index (χ2v) is 12.7. The molecule has 1 N–H and O–H groups in total. The predicted molar refractivity (Wildman–Crippen MR) is 190 cm³/mol. The zero-order valence-electron chi connectivity index (χ0n) is 27.5. The first-order valence-electron chi connectivity index (χ1n) is 15.8. The molecule has 5 rings (SSSR count). The Kier molecular flexibility index (Phi) is 11.6. The molecule has 0 aliphatic carbocycles. The lowest BCUT2D eigenvalue weighted by molar-refractivity contribution is 0.0781. The number of amides is 1. The minimum absolute atomic E-state index is 0.0374. The van der Waals surface area contributed by atoms with Crippen LogP contribution < -0.4 is 19.5 Å². The number of allylic oxidation sites excluding steroid dienone is 1. The Morgan fingerprint density at radius 1 is 1.04 bits per heavy atom. The maximum Gasteiger partial charge on any atom is 0.253 e. The number of rotatable bonds is 14. The molecule has 0 saturated carbocycles. The quantitative estimate of drug-likeness (QED) is 0.139. The molecule has 1 atom stereocenters. The van der Waals surface area contributed by atoms with Crippen molar-refractivity contribution in [1.82, 2.24) is 19.4 Å². The zero-order valence-corrected chi connectivity index (χ0v) is 29.0. The molecule has 1 amide bonds. The largest absolute Gasteiger partial charge is 0.493 e. The molecule has 1 aromatic heterocycles. The Morgan fingerprint density at radius 3 is 2.38 bits per heavy atom. The van der Waals surface area contributed by atoms with Gasteiger partial charge in [-0.1, -0.05) is 47.5 Å². The smallest absolute Gasteiger partial charge is 0.253 e. The number of nitrogens with one attached hydrogen (secondary N) is 1. The standard InChI is InChI=1S/C36H43Cl2N5O4/c1-6-16-43-31-10-8-7-9-30(31)40-36(43)39-27-14-18-42(19-15-27)17-13-25(24-11-12-28(37)29(38)20-24)23-41(2)35(44)26-21-32(45-3)34(47-5)33(22-26)46-4/h6-12,20-22,25,27H,1,13-19,23H2,2-5H3,(H,39,40). The van der Waals surface area contributed by atoms with Gasteiger partial charge in [0.25, 0.3) is 5.91 Å². The van der Waals surface area contributed by atoms with Crippen molar-refractivity contribution in [2.75, 3.05) is 59.9 Å². The topological polar surface area (TPSA) is 81.1 Å². The minimum atomic E-state index is -0.149. The van der Waals surface area contributed by atoms with Gasteiger partial charge in [0.1, 0.15) is 0 Å². The molecular formula is C36H43Cl2N5O4. The zero-order chi connectivity index (χ0) is 33.5. The summed E-state index contributed by atoms with van der Waals surface area (Å²) >= 11 is 12.7. The van der Waals surface area contributed by atoms with E-state index in [-0.39, 0.29) is 11.8 Å². The van der Waals surface area contributed by atoms with Gasteiger partial charge >= 0.3 is 0 Å². The molecule has 1 aliphatic heterocycles. The minimum Gasteiger partial charge on any atom is -0.493 e. The SMILES string of the molecule is C=CCn1c(NC2CCN(CCC(CN(C)C(=O)c3cc(OC)c(OC)c(OC)c3)c3ccc(Cl)c(Cl)c3)CC2)nc2ccccc21. The van der Waals surface area contributed by atoms with Gasteiger partial charge < -0.3 is 33.9 Å². The second kappa shape index (κ2) is 15.8. The Hall–Kier alpha value is -3.92. The highest BCUT2D eigenvalue weighted by molar-refractivity contribution is 6.42. The maximum absolute atomic E-state index is 13.7. The average Bonchev–Trinajstić information content (AvgIpc) is 3.43. The Labute approximate surface area is 287 Å². The molecule has 0 bridgehead atoms. The van der Waals surface area contributed by atoms with Crippen molar-refractivity contribution in [1.29, 1.82) is 0 Å². The fraction of sp³-hybridized carbons (Fsp3) is 0.389. The number of fused-ring (bicyclic) bond motifs is 1. The van der Waals surface area contributed by atoms with E-state index in [1.165, 1.54) is 21.3 Å². The van der Waals surface area contributed by atoms with Crippen LogP contribution in [0.4, 0.5) is 5.95 Å². The molecule has 0 radical (unpaired) electrons. The van der Waals surface area contributed by atoms with Crippen LogP contribution in [0, 0.1) is 0 Å². The Bertz CT molecular complexity index is 1680. The number of imidazole rings is 1. The Balaban J connectivity index is 1.25. The van der Waals surface area contributed by atoms with Crippen molar-refractivity contribution in [2.24, 2.45) is 0 Å².